The number of nitrogens with one attached hydrogen (secondary N) is 1. The van der Waals surface area contributed by atoms with Gasteiger partial charge in [-0.3, -0.25) is 9.59 Å². The molecule has 1 amide bonds. The molecule has 1 fully saturated rings. The normalized spacial score (nSPS) is 18.0. The molecule has 0 unspecified atom stereocenters. The highest BCUT2D eigenvalue weighted by Gasteiger charge is 2.67. The predicted molar refractivity (Wildman–Crippen MR) is 141 cm³/mol. The lowest BCUT2D eigenvalue weighted by atomic mass is 10.0. The molecule has 0 radical (unpaired) electrons. The van der Waals surface area contributed by atoms with Gasteiger partial charge in [0.2, 0.25) is 5.91 Å². The summed E-state index contributed by atoms with van der Waals surface area (Å²) in [5.74, 6) is -6.52. The Hall–Kier alpha value is -1.87. The van der Waals surface area contributed by atoms with Crippen molar-refractivity contribution in [1.29, 1.82) is 0 Å². The van der Waals surface area contributed by atoms with Gasteiger partial charge in [-0.05, 0) is 42.0 Å². The first-order chi connectivity index (χ1) is 17.2. The summed E-state index contributed by atoms with van der Waals surface area (Å²) in [6, 6.07) is 6.80. The summed E-state index contributed by atoms with van der Waals surface area (Å²) in [6.45, 7) is 0. The first kappa shape index (κ1) is 28.1. The van der Waals surface area contributed by atoms with E-state index in [0.717, 1.165) is 24.3 Å². The molecule has 2 atom stereocenters. The number of benzene rings is 3. The zero-order valence-electron chi connectivity index (χ0n) is 18.1. The zero-order valence-corrected chi connectivity index (χ0v) is 22.7. The highest BCUT2D eigenvalue weighted by molar-refractivity contribution is 6.54. The van der Waals surface area contributed by atoms with Gasteiger partial charge in [0.15, 0.2) is 11.6 Å². The molecule has 4 rings (SSSR count). The van der Waals surface area contributed by atoms with Crippen LogP contribution in [0.1, 0.15) is 27.4 Å². The van der Waals surface area contributed by atoms with Crippen LogP contribution in [-0.2, 0) is 11.2 Å². The average molecular weight is 631 g/mol. The molecule has 1 saturated carbocycles. The van der Waals surface area contributed by atoms with E-state index >= 15 is 0 Å². The minimum Gasteiger partial charge on any atom is -0.396 e. The average Bonchev–Trinajstić information content (AvgIpc) is 3.41. The molecule has 0 saturated heterocycles. The fraction of sp³-hybridized carbons (Fsp3) is 0.167. The number of nitrogens with two attached hydrogens (primary N) is 1. The van der Waals surface area contributed by atoms with Crippen LogP contribution < -0.4 is 11.1 Å². The number of carbonyl (C=O) groups is 2. The summed E-state index contributed by atoms with van der Waals surface area (Å²) in [5.41, 5.74) is 4.35. The van der Waals surface area contributed by atoms with E-state index in [4.69, 9.17) is 75.3 Å². The van der Waals surface area contributed by atoms with E-state index < -0.39 is 67.9 Å². The summed E-state index contributed by atoms with van der Waals surface area (Å²) >= 11 is 36.7. The molecule has 37 heavy (non-hydrogen) atoms. The second-order valence-corrected chi connectivity index (χ2v) is 11.3. The molecule has 13 heteroatoms. The minimum absolute atomic E-state index is 0.121. The Balaban J connectivity index is 1.58. The quantitative estimate of drug-likeness (QED) is 0.125. The summed E-state index contributed by atoms with van der Waals surface area (Å²) in [4.78, 5) is 25.8. The van der Waals surface area contributed by atoms with Crippen LogP contribution in [0.15, 0.2) is 36.4 Å². The van der Waals surface area contributed by atoms with Crippen LogP contribution in [0.5, 0.6) is 0 Å². The standard InChI is InChI=1S/C24H13Cl6F3N2O2/c25-12-3-8(4-13(26)21(12)28)18-19(24(18,29)30)23(37)35-9-5-11(20(27)15(32)6-9)17(36)7-10-14(31)1-2-16(34)22(10)33/h1-6,18-19H,7,34H2,(H,35,37)/t18-,19+/m0/s1. The van der Waals surface area contributed by atoms with Crippen molar-refractivity contribution in [3.63, 3.8) is 0 Å². The number of hydrogen-bond donors (Lipinski definition) is 2. The van der Waals surface area contributed by atoms with Crippen LogP contribution in [0.4, 0.5) is 24.5 Å². The van der Waals surface area contributed by atoms with Gasteiger partial charge in [-0.15, -0.1) is 23.2 Å². The summed E-state index contributed by atoms with van der Waals surface area (Å²) in [5, 5.41) is 2.24. The number of Topliss-reactive ketones (excluding diaryl/α,β-unsaturated/α-hetero) is 1. The van der Waals surface area contributed by atoms with Gasteiger partial charge < -0.3 is 11.1 Å². The Kier molecular flexibility index (Phi) is 7.88. The Morgan fingerprint density at radius 2 is 1.54 bits per heavy atom. The molecule has 0 aliphatic heterocycles. The molecule has 3 aromatic carbocycles. The maximum absolute atomic E-state index is 14.6. The van der Waals surface area contributed by atoms with Crippen LogP contribution in [-0.4, -0.2) is 16.0 Å². The Morgan fingerprint density at radius 1 is 0.919 bits per heavy atom. The number of anilines is 2. The molecule has 0 aromatic heterocycles. The maximum atomic E-state index is 14.6. The van der Waals surface area contributed by atoms with Crippen LogP contribution >= 0.6 is 69.6 Å². The first-order valence-electron chi connectivity index (χ1n) is 10.3. The van der Waals surface area contributed by atoms with Crippen molar-refractivity contribution in [3.8, 4) is 0 Å². The molecular weight excluding hydrogens is 618 g/mol. The Labute approximate surface area is 238 Å². The molecule has 1 aliphatic rings. The Morgan fingerprint density at radius 3 is 2.16 bits per heavy atom. The molecule has 1 aliphatic carbocycles. The number of amides is 1. The lowest BCUT2D eigenvalue weighted by molar-refractivity contribution is -0.117. The summed E-state index contributed by atoms with van der Waals surface area (Å²) < 4.78 is 41.4. The summed E-state index contributed by atoms with van der Waals surface area (Å²) in [7, 11) is 0. The van der Waals surface area contributed by atoms with Crippen LogP contribution in [0.25, 0.3) is 0 Å². The van der Waals surface area contributed by atoms with E-state index in [2.05, 4.69) is 5.32 Å². The van der Waals surface area contributed by atoms with Crippen LogP contribution in [0.2, 0.25) is 20.1 Å². The van der Waals surface area contributed by atoms with E-state index in [9.17, 15) is 22.8 Å². The molecule has 3 aromatic rings. The number of ketones is 1. The summed E-state index contributed by atoms with van der Waals surface area (Å²) in [6.07, 6.45) is -0.797. The van der Waals surface area contributed by atoms with Crippen molar-refractivity contribution >= 4 is 92.7 Å². The molecular formula is C24H13Cl6F3N2O2. The second kappa shape index (κ2) is 10.4. The number of nitrogen functional groups attached to an aromatic ring is 1. The molecule has 0 spiro atoms. The third-order valence-corrected chi connectivity index (χ3v) is 8.37. The third-order valence-electron chi connectivity index (χ3n) is 5.85. The monoisotopic (exact) mass is 628 g/mol. The van der Waals surface area contributed by atoms with Crippen molar-refractivity contribution < 1.29 is 22.8 Å². The lowest BCUT2D eigenvalue weighted by Crippen LogP contribution is -2.18. The predicted octanol–water partition coefficient (Wildman–Crippen LogP) is 8.25. The second-order valence-electron chi connectivity index (χ2n) is 8.27. The van der Waals surface area contributed by atoms with Crippen molar-refractivity contribution in [1.82, 2.24) is 0 Å². The van der Waals surface area contributed by atoms with Gasteiger partial charge in [-0.1, -0.05) is 46.4 Å². The van der Waals surface area contributed by atoms with E-state index in [0.29, 0.717) is 5.56 Å². The minimum atomic E-state index is -1.55. The first-order valence-corrected chi connectivity index (χ1v) is 12.6. The molecule has 0 heterocycles. The highest BCUT2D eigenvalue weighted by atomic mass is 35.5. The van der Waals surface area contributed by atoms with Gasteiger partial charge in [-0.2, -0.15) is 0 Å². The van der Waals surface area contributed by atoms with Gasteiger partial charge in [0, 0.05) is 29.2 Å². The fourth-order valence-electron chi connectivity index (χ4n) is 3.94. The van der Waals surface area contributed by atoms with E-state index in [-0.39, 0.29) is 26.4 Å². The van der Waals surface area contributed by atoms with Gasteiger partial charge in [0.25, 0.3) is 0 Å². The zero-order chi connectivity index (χ0) is 27.4. The van der Waals surface area contributed by atoms with Gasteiger partial charge in [0.05, 0.1) is 31.7 Å². The van der Waals surface area contributed by atoms with E-state index in [1.165, 1.54) is 12.1 Å². The van der Waals surface area contributed by atoms with Gasteiger partial charge in [0.1, 0.15) is 16.0 Å². The Bertz CT molecular complexity index is 1440. The molecule has 3 N–H and O–H groups in total. The third kappa shape index (κ3) is 5.35. The number of halogens is 9. The number of hydrogen-bond acceptors (Lipinski definition) is 3. The smallest absolute Gasteiger partial charge is 0.231 e. The molecule has 4 nitrogen and oxygen atoms in total. The number of alkyl halides is 2. The van der Waals surface area contributed by atoms with Gasteiger partial charge >= 0.3 is 0 Å². The SMILES string of the molecule is Nc1ccc(F)c(CC(=O)c2cc(NC(=O)[C@H]3[C@H](c4cc(Cl)c(Cl)c(Cl)c4)C3(Cl)Cl)cc(F)c2Cl)c1F. The lowest BCUT2D eigenvalue weighted by Gasteiger charge is -2.11. The van der Waals surface area contributed by atoms with Crippen molar-refractivity contribution in [3.05, 3.63) is 90.6 Å². The number of carbonyl (C=O) groups excluding carboxylic acids is 2. The molecule has 0 bridgehead atoms. The van der Waals surface area contributed by atoms with Crippen LogP contribution in [0, 0.1) is 23.4 Å². The van der Waals surface area contributed by atoms with Crippen molar-refractivity contribution in [2.45, 2.75) is 16.7 Å². The van der Waals surface area contributed by atoms with E-state index in [1.807, 2.05) is 0 Å². The van der Waals surface area contributed by atoms with Crippen molar-refractivity contribution in [2.24, 2.45) is 5.92 Å². The van der Waals surface area contributed by atoms with Crippen molar-refractivity contribution in [2.75, 3.05) is 11.1 Å². The largest absolute Gasteiger partial charge is 0.396 e. The topological polar surface area (TPSA) is 72.2 Å². The van der Waals surface area contributed by atoms with Gasteiger partial charge in [-0.25, -0.2) is 13.2 Å². The molecule has 194 valence electrons. The maximum Gasteiger partial charge on any atom is 0.231 e. The van der Waals surface area contributed by atoms with E-state index in [1.54, 1.807) is 0 Å². The fourth-order valence-corrected chi connectivity index (χ4v) is 5.60. The highest BCUT2D eigenvalue weighted by Crippen LogP contribution is 2.65. The number of rotatable bonds is 6. The van der Waals surface area contributed by atoms with Crippen LogP contribution in [0.3, 0.4) is 0 Å².